The molecule has 6 heteroatoms. The minimum atomic E-state index is 0.0377. The Hall–Kier alpha value is -2.73. The Morgan fingerprint density at radius 2 is 1.70 bits per heavy atom. The Labute approximate surface area is 179 Å². The van der Waals surface area contributed by atoms with Crippen molar-refractivity contribution in [1.29, 1.82) is 0 Å². The number of nitrogens with zero attached hydrogens (tertiary/aromatic N) is 2. The van der Waals surface area contributed by atoms with Crippen LogP contribution >= 0.6 is 0 Å². The molecule has 1 heterocycles. The van der Waals surface area contributed by atoms with Gasteiger partial charge < -0.3 is 19.1 Å². The minimum absolute atomic E-state index is 0.0377. The number of benzene rings is 2. The van der Waals surface area contributed by atoms with E-state index in [1.54, 1.807) is 20.3 Å². The van der Waals surface area contributed by atoms with Crippen LogP contribution in [0.15, 0.2) is 42.5 Å². The molecule has 0 unspecified atom stereocenters. The van der Waals surface area contributed by atoms with Crippen molar-refractivity contribution in [3.8, 4) is 17.2 Å². The summed E-state index contributed by atoms with van der Waals surface area (Å²) >= 11 is 0. The number of hydrogen-bond acceptors (Lipinski definition) is 5. The summed E-state index contributed by atoms with van der Waals surface area (Å²) in [6.45, 7) is 8.09. The summed E-state index contributed by atoms with van der Waals surface area (Å²) < 4.78 is 16.4. The zero-order valence-electron chi connectivity index (χ0n) is 18.4. The zero-order valence-corrected chi connectivity index (χ0v) is 18.4. The summed E-state index contributed by atoms with van der Waals surface area (Å²) in [5.74, 6) is 2.15. The van der Waals surface area contributed by atoms with E-state index in [2.05, 4.69) is 17.0 Å². The largest absolute Gasteiger partial charge is 0.497 e. The van der Waals surface area contributed by atoms with Crippen molar-refractivity contribution in [3.05, 3.63) is 53.6 Å². The van der Waals surface area contributed by atoms with Crippen LogP contribution in [-0.2, 0) is 6.54 Å². The number of hydrogen-bond donors (Lipinski definition) is 0. The summed E-state index contributed by atoms with van der Waals surface area (Å²) in [5, 5.41) is 0. The van der Waals surface area contributed by atoms with Crippen LogP contribution in [0.1, 0.15) is 36.2 Å². The van der Waals surface area contributed by atoms with Gasteiger partial charge in [-0.25, -0.2) is 0 Å². The maximum atomic E-state index is 13.1. The van der Waals surface area contributed by atoms with Gasteiger partial charge in [0.25, 0.3) is 5.91 Å². The molecular weight excluding hydrogens is 380 g/mol. The molecule has 1 aliphatic rings. The van der Waals surface area contributed by atoms with E-state index in [0.29, 0.717) is 23.6 Å². The molecule has 0 aliphatic carbocycles. The third kappa shape index (κ3) is 5.66. The van der Waals surface area contributed by atoms with Gasteiger partial charge >= 0.3 is 0 Å². The van der Waals surface area contributed by atoms with E-state index in [4.69, 9.17) is 14.2 Å². The standard InChI is InChI=1S/C24H32N2O4/c1-18(2)30-22-11-8-20(16-23(22)29-4)24(27)26-13-5-12-25(14-15-26)17-19-6-9-21(28-3)10-7-19/h6-11,16,18H,5,12-15,17H2,1-4H3. The van der Waals surface area contributed by atoms with Gasteiger partial charge in [-0.2, -0.15) is 0 Å². The van der Waals surface area contributed by atoms with E-state index >= 15 is 0 Å². The number of amides is 1. The first kappa shape index (κ1) is 22.0. The fraction of sp³-hybridized carbons (Fsp3) is 0.458. The molecule has 0 atom stereocenters. The van der Waals surface area contributed by atoms with Gasteiger partial charge in [0, 0.05) is 38.3 Å². The monoisotopic (exact) mass is 412 g/mol. The molecule has 0 radical (unpaired) electrons. The highest BCUT2D eigenvalue weighted by Gasteiger charge is 2.22. The molecule has 2 aromatic carbocycles. The summed E-state index contributed by atoms with van der Waals surface area (Å²) in [5.41, 5.74) is 1.88. The maximum absolute atomic E-state index is 13.1. The van der Waals surface area contributed by atoms with Crippen LogP contribution < -0.4 is 14.2 Å². The van der Waals surface area contributed by atoms with Crippen molar-refractivity contribution < 1.29 is 19.0 Å². The lowest BCUT2D eigenvalue weighted by Crippen LogP contribution is -2.35. The first-order chi connectivity index (χ1) is 14.5. The van der Waals surface area contributed by atoms with Crippen molar-refractivity contribution in [2.45, 2.75) is 32.9 Å². The Balaban J connectivity index is 1.62. The van der Waals surface area contributed by atoms with Gasteiger partial charge in [-0.15, -0.1) is 0 Å². The highest BCUT2D eigenvalue weighted by molar-refractivity contribution is 5.95. The number of ether oxygens (including phenoxy) is 3. The molecule has 2 aromatic rings. The SMILES string of the molecule is COc1ccc(CN2CCCN(C(=O)c3ccc(OC(C)C)c(OC)c3)CC2)cc1. The van der Waals surface area contributed by atoms with Crippen molar-refractivity contribution in [2.75, 3.05) is 40.4 Å². The van der Waals surface area contributed by atoms with E-state index in [9.17, 15) is 4.79 Å². The van der Waals surface area contributed by atoms with E-state index in [1.807, 2.05) is 43.0 Å². The van der Waals surface area contributed by atoms with Crippen molar-refractivity contribution in [1.82, 2.24) is 9.80 Å². The minimum Gasteiger partial charge on any atom is -0.497 e. The molecular formula is C24H32N2O4. The smallest absolute Gasteiger partial charge is 0.254 e. The topological polar surface area (TPSA) is 51.2 Å². The third-order valence-corrected chi connectivity index (χ3v) is 5.21. The Morgan fingerprint density at radius 3 is 2.37 bits per heavy atom. The van der Waals surface area contributed by atoms with Crippen molar-refractivity contribution in [3.63, 3.8) is 0 Å². The number of carbonyl (C=O) groups is 1. The van der Waals surface area contributed by atoms with Crippen LogP contribution in [-0.4, -0.2) is 62.2 Å². The summed E-state index contributed by atoms with van der Waals surface area (Å²) in [6, 6.07) is 13.6. The molecule has 0 bridgehead atoms. The second kappa shape index (κ2) is 10.3. The summed E-state index contributed by atoms with van der Waals surface area (Å²) in [7, 11) is 3.27. The van der Waals surface area contributed by atoms with Gasteiger partial charge in [0.15, 0.2) is 11.5 Å². The third-order valence-electron chi connectivity index (χ3n) is 5.21. The fourth-order valence-corrected chi connectivity index (χ4v) is 3.66. The Bertz CT molecular complexity index is 836. The molecule has 1 amide bonds. The van der Waals surface area contributed by atoms with E-state index in [-0.39, 0.29) is 12.0 Å². The molecule has 6 nitrogen and oxygen atoms in total. The first-order valence-electron chi connectivity index (χ1n) is 10.5. The molecule has 30 heavy (non-hydrogen) atoms. The van der Waals surface area contributed by atoms with Crippen LogP contribution in [0.3, 0.4) is 0 Å². The van der Waals surface area contributed by atoms with Crippen LogP contribution in [0.2, 0.25) is 0 Å². The lowest BCUT2D eigenvalue weighted by molar-refractivity contribution is 0.0760. The zero-order chi connectivity index (χ0) is 21.5. The number of carbonyl (C=O) groups excluding carboxylic acids is 1. The first-order valence-corrected chi connectivity index (χ1v) is 10.5. The summed E-state index contributed by atoms with van der Waals surface area (Å²) in [6.07, 6.45) is 0.996. The van der Waals surface area contributed by atoms with Crippen LogP contribution in [0.4, 0.5) is 0 Å². The normalized spacial score (nSPS) is 15.0. The van der Waals surface area contributed by atoms with Crippen LogP contribution in [0.25, 0.3) is 0 Å². The van der Waals surface area contributed by atoms with Gasteiger partial charge in [0.2, 0.25) is 0 Å². The van der Waals surface area contributed by atoms with Crippen LogP contribution in [0, 0.1) is 0 Å². The lowest BCUT2D eigenvalue weighted by Gasteiger charge is -2.23. The van der Waals surface area contributed by atoms with Crippen molar-refractivity contribution >= 4 is 5.91 Å². The van der Waals surface area contributed by atoms with Crippen molar-refractivity contribution in [2.24, 2.45) is 0 Å². The molecule has 0 spiro atoms. The maximum Gasteiger partial charge on any atom is 0.254 e. The predicted molar refractivity (Wildman–Crippen MR) is 118 cm³/mol. The molecule has 0 aromatic heterocycles. The fourth-order valence-electron chi connectivity index (χ4n) is 3.66. The van der Waals surface area contributed by atoms with Gasteiger partial charge in [0.1, 0.15) is 5.75 Å². The average Bonchev–Trinajstić information content (AvgIpc) is 2.99. The molecule has 1 aliphatic heterocycles. The predicted octanol–water partition coefficient (Wildman–Crippen LogP) is 3.84. The van der Waals surface area contributed by atoms with Gasteiger partial charge in [-0.05, 0) is 56.2 Å². The second-order valence-electron chi connectivity index (χ2n) is 7.80. The van der Waals surface area contributed by atoms with Crippen LogP contribution in [0.5, 0.6) is 17.2 Å². The summed E-state index contributed by atoms with van der Waals surface area (Å²) in [4.78, 5) is 17.4. The number of methoxy groups -OCH3 is 2. The number of rotatable bonds is 7. The second-order valence-corrected chi connectivity index (χ2v) is 7.80. The van der Waals surface area contributed by atoms with Gasteiger partial charge in [-0.1, -0.05) is 12.1 Å². The van der Waals surface area contributed by atoms with E-state index < -0.39 is 0 Å². The van der Waals surface area contributed by atoms with E-state index in [1.165, 1.54) is 5.56 Å². The molecule has 1 fully saturated rings. The molecule has 1 saturated heterocycles. The van der Waals surface area contributed by atoms with Gasteiger partial charge in [-0.3, -0.25) is 9.69 Å². The quantitative estimate of drug-likeness (QED) is 0.692. The Kier molecular flexibility index (Phi) is 7.57. The highest BCUT2D eigenvalue weighted by Crippen LogP contribution is 2.29. The molecule has 3 rings (SSSR count). The molecule has 0 saturated carbocycles. The van der Waals surface area contributed by atoms with Gasteiger partial charge in [0.05, 0.1) is 20.3 Å². The highest BCUT2D eigenvalue weighted by atomic mass is 16.5. The average molecular weight is 413 g/mol. The van der Waals surface area contributed by atoms with E-state index in [0.717, 1.165) is 38.3 Å². The lowest BCUT2D eigenvalue weighted by atomic mass is 10.1. The molecule has 162 valence electrons. The Morgan fingerprint density at radius 1 is 0.933 bits per heavy atom. The molecule has 0 N–H and O–H groups in total.